The maximum Gasteiger partial charge on any atom is 0.251 e. The van der Waals surface area contributed by atoms with Crippen LogP contribution >= 0.6 is 11.6 Å². The van der Waals surface area contributed by atoms with Crippen LogP contribution in [0.5, 0.6) is 0 Å². The van der Waals surface area contributed by atoms with E-state index in [1.807, 2.05) is 12.1 Å². The van der Waals surface area contributed by atoms with Crippen LogP contribution in [-0.4, -0.2) is 31.7 Å². The van der Waals surface area contributed by atoms with Crippen LogP contribution < -0.4 is 5.32 Å². The average Bonchev–Trinajstić information content (AvgIpc) is 3.32. The number of amides is 1. The Labute approximate surface area is 177 Å². The summed E-state index contributed by atoms with van der Waals surface area (Å²) in [5.41, 5.74) is 1.43. The molecule has 2 saturated carbocycles. The number of nitrogens with one attached hydrogen (secondary N) is 1. The van der Waals surface area contributed by atoms with Crippen molar-refractivity contribution in [3.8, 4) is 0 Å². The fraction of sp³-hybridized carbons (Fsp3) is 0.409. The number of benzene rings is 2. The average molecular weight is 433 g/mol. The molecule has 2 aliphatic rings. The summed E-state index contributed by atoms with van der Waals surface area (Å²) >= 11 is 5.84. The second-order valence-corrected chi connectivity index (χ2v) is 10.6. The van der Waals surface area contributed by atoms with E-state index in [2.05, 4.69) is 5.32 Å². The molecule has 2 aliphatic carbocycles. The molecule has 29 heavy (non-hydrogen) atoms. The van der Waals surface area contributed by atoms with E-state index in [0.717, 1.165) is 17.9 Å². The summed E-state index contributed by atoms with van der Waals surface area (Å²) in [5.74, 6) is 1.37. The maximum atomic E-state index is 12.7. The summed E-state index contributed by atoms with van der Waals surface area (Å²) < 4.78 is 26.7. The van der Waals surface area contributed by atoms with E-state index in [9.17, 15) is 13.2 Å². The van der Waals surface area contributed by atoms with Crippen molar-refractivity contribution in [2.45, 2.75) is 43.2 Å². The maximum absolute atomic E-state index is 12.7. The molecule has 5 nitrogen and oxygen atoms in total. The van der Waals surface area contributed by atoms with E-state index >= 15 is 0 Å². The number of sulfonamides is 1. The van der Waals surface area contributed by atoms with E-state index in [1.165, 1.54) is 35.7 Å². The molecule has 1 amide bonds. The number of carbonyl (C=O) groups is 1. The summed E-state index contributed by atoms with van der Waals surface area (Å²) in [4.78, 5) is 12.8. The standard InChI is InChI=1S/C22H25ClN2O3S/c1-25(29(27,28)20-10-8-19(23)9-11-20)14-15-2-5-17(6-3-15)22(26)24-21-13-16-4-7-18(21)12-16/h2-3,5-6,8-11,16,18,21H,4,7,12-14H2,1H3,(H,24,26)/t16-,18-,21-/m0/s1. The number of carbonyl (C=O) groups excluding carboxylic acids is 1. The lowest BCUT2D eigenvalue weighted by atomic mass is 9.95. The van der Waals surface area contributed by atoms with Gasteiger partial charge in [0.2, 0.25) is 10.0 Å². The molecule has 4 rings (SSSR count). The van der Waals surface area contributed by atoms with Gasteiger partial charge in [-0.1, -0.05) is 30.2 Å². The van der Waals surface area contributed by atoms with Gasteiger partial charge in [-0.3, -0.25) is 4.79 Å². The van der Waals surface area contributed by atoms with Crippen molar-refractivity contribution in [2.75, 3.05) is 7.05 Å². The zero-order valence-corrected chi connectivity index (χ0v) is 17.9. The number of nitrogens with zero attached hydrogens (tertiary/aromatic N) is 1. The van der Waals surface area contributed by atoms with Crippen molar-refractivity contribution >= 4 is 27.5 Å². The monoisotopic (exact) mass is 432 g/mol. The molecule has 7 heteroatoms. The molecule has 154 valence electrons. The minimum absolute atomic E-state index is 0.0451. The van der Waals surface area contributed by atoms with Crippen molar-refractivity contribution in [1.29, 1.82) is 0 Å². The Hall–Kier alpha value is -1.89. The largest absolute Gasteiger partial charge is 0.349 e. The van der Waals surface area contributed by atoms with Crippen LogP contribution in [0.25, 0.3) is 0 Å². The van der Waals surface area contributed by atoms with Gasteiger partial charge >= 0.3 is 0 Å². The first kappa shape index (κ1) is 20.4. The summed E-state index contributed by atoms with van der Waals surface area (Å²) in [6, 6.07) is 13.6. The molecule has 0 radical (unpaired) electrons. The molecule has 0 spiro atoms. The molecular formula is C22H25ClN2O3S. The van der Waals surface area contributed by atoms with Crippen molar-refractivity contribution in [3.63, 3.8) is 0 Å². The summed E-state index contributed by atoms with van der Waals surface area (Å²) in [6.07, 6.45) is 4.88. The third-order valence-electron chi connectivity index (χ3n) is 6.20. The van der Waals surface area contributed by atoms with Crippen LogP contribution in [0.15, 0.2) is 53.4 Å². The van der Waals surface area contributed by atoms with Crippen LogP contribution in [0.1, 0.15) is 41.6 Å². The van der Waals surface area contributed by atoms with Crippen LogP contribution in [0.3, 0.4) is 0 Å². The van der Waals surface area contributed by atoms with Gasteiger partial charge in [0.1, 0.15) is 0 Å². The summed E-state index contributed by atoms with van der Waals surface area (Å²) in [7, 11) is -2.06. The number of hydrogen-bond acceptors (Lipinski definition) is 3. The zero-order chi connectivity index (χ0) is 20.6. The lowest BCUT2D eigenvalue weighted by molar-refractivity contribution is 0.0923. The third-order valence-corrected chi connectivity index (χ3v) is 8.27. The Kier molecular flexibility index (Phi) is 5.69. The van der Waals surface area contributed by atoms with Crippen LogP contribution in [-0.2, 0) is 16.6 Å². The second kappa shape index (κ2) is 8.09. The second-order valence-electron chi connectivity index (χ2n) is 8.17. The van der Waals surface area contributed by atoms with Crippen molar-refractivity contribution < 1.29 is 13.2 Å². The molecule has 1 N–H and O–H groups in total. The third kappa shape index (κ3) is 4.34. The quantitative estimate of drug-likeness (QED) is 0.747. The molecular weight excluding hydrogens is 408 g/mol. The first-order chi connectivity index (χ1) is 13.8. The molecule has 0 heterocycles. The van der Waals surface area contributed by atoms with Crippen molar-refractivity contribution in [3.05, 3.63) is 64.7 Å². The van der Waals surface area contributed by atoms with Crippen molar-refractivity contribution in [1.82, 2.24) is 9.62 Å². The van der Waals surface area contributed by atoms with E-state index in [0.29, 0.717) is 22.5 Å². The fourth-order valence-corrected chi connectivity index (χ4v) is 5.85. The predicted molar refractivity (Wildman–Crippen MR) is 113 cm³/mol. The molecule has 0 unspecified atom stereocenters. The predicted octanol–water partition coefficient (Wildman–Crippen LogP) is 4.08. The van der Waals surface area contributed by atoms with Gasteiger partial charge in [0.25, 0.3) is 5.91 Å². The summed E-state index contributed by atoms with van der Waals surface area (Å²) in [5, 5.41) is 3.67. The molecule has 2 aromatic carbocycles. The van der Waals surface area contributed by atoms with Gasteiger partial charge in [-0.2, -0.15) is 4.31 Å². The van der Waals surface area contributed by atoms with Gasteiger partial charge < -0.3 is 5.32 Å². The number of rotatable bonds is 6. The van der Waals surface area contributed by atoms with Crippen LogP contribution in [0, 0.1) is 11.8 Å². The Morgan fingerprint density at radius 1 is 1.07 bits per heavy atom. The van der Waals surface area contributed by atoms with Gasteiger partial charge in [0, 0.05) is 30.2 Å². The molecule has 0 aliphatic heterocycles. The van der Waals surface area contributed by atoms with E-state index < -0.39 is 10.0 Å². The highest BCUT2D eigenvalue weighted by Crippen LogP contribution is 2.44. The van der Waals surface area contributed by atoms with Gasteiger partial charge in [0.05, 0.1) is 4.90 Å². The SMILES string of the molecule is CN(Cc1ccc(C(=O)N[C@H]2C[C@H]3CC[C@H]2C3)cc1)S(=O)(=O)c1ccc(Cl)cc1. The minimum Gasteiger partial charge on any atom is -0.349 e. The highest BCUT2D eigenvalue weighted by Gasteiger charge is 2.40. The lowest BCUT2D eigenvalue weighted by Gasteiger charge is -2.23. The van der Waals surface area contributed by atoms with Crippen LogP contribution in [0.2, 0.25) is 5.02 Å². The minimum atomic E-state index is -3.61. The van der Waals surface area contributed by atoms with Crippen LogP contribution in [0.4, 0.5) is 0 Å². The first-order valence-corrected chi connectivity index (χ1v) is 11.8. The molecule has 2 bridgehead atoms. The molecule has 0 saturated heterocycles. The number of hydrogen-bond donors (Lipinski definition) is 1. The fourth-order valence-electron chi connectivity index (χ4n) is 4.56. The molecule has 3 atom stereocenters. The summed E-state index contributed by atoms with van der Waals surface area (Å²) in [6.45, 7) is 0.221. The zero-order valence-electron chi connectivity index (χ0n) is 16.3. The molecule has 0 aromatic heterocycles. The number of fused-ring (bicyclic) bond motifs is 2. The Bertz CT molecular complexity index is 990. The topological polar surface area (TPSA) is 66.5 Å². The first-order valence-electron chi connectivity index (χ1n) is 9.94. The van der Waals surface area contributed by atoms with Gasteiger partial charge in [-0.05, 0) is 73.1 Å². The molecule has 2 fully saturated rings. The normalized spacial score (nSPS) is 23.5. The Morgan fingerprint density at radius 2 is 1.76 bits per heavy atom. The van der Waals surface area contributed by atoms with Crippen molar-refractivity contribution in [2.24, 2.45) is 11.8 Å². The highest BCUT2D eigenvalue weighted by atomic mass is 35.5. The Balaban J connectivity index is 1.38. The van der Waals surface area contributed by atoms with Gasteiger partial charge in [-0.15, -0.1) is 0 Å². The number of halogens is 1. The van der Waals surface area contributed by atoms with Gasteiger partial charge in [0.15, 0.2) is 0 Å². The van der Waals surface area contributed by atoms with E-state index in [1.54, 1.807) is 31.3 Å². The van der Waals surface area contributed by atoms with E-state index in [4.69, 9.17) is 11.6 Å². The molecule has 2 aromatic rings. The van der Waals surface area contributed by atoms with Gasteiger partial charge in [-0.25, -0.2) is 8.42 Å². The smallest absolute Gasteiger partial charge is 0.251 e. The van der Waals surface area contributed by atoms with E-state index in [-0.39, 0.29) is 17.3 Å². The Morgan fingerprint density at radius 3 is 2.34 bits per heavy atom. The lowest BCUT2D eigenvalue weighted by Crippen LogP contribution is -2.38. The highest BCUT2D eigenvalue weighted by molar-refractivity contribution is 7.89.